The number of rotatable bonds is 2. The van der Waals surface area contributed by atoms with Gasteiger partial charge in [0.15, 0.2) is 10.8 Å². The van der Waals surface area contributed by atoms with Crippen LogP contribution >= 0.6 is 11.5 Å². The van der Waals surface area contributed by atoms with Gasteiger partial charge in [0.25, 0.3) is 0 Å². The molecule has 2 aromatic rings. The molecular formula is C10H11N5OS. The maximum absolute atomic E-state index is 10.8. The van der Waals surface area contributed by atoms with Gasteiger partial charge in [0.1, 0.15) is 17.9 Å². The summed E-state index contributed by atoms with van der Waals surface area (Å²) in [6, 6.07) is 0. The highest BCUT2D eigenvalue weighted by atomic mass is 32.1. The molecular weight excluding hydrogens is 238 g/mol. The fraction of sp³-hybridized carbons (Fsp3) is 0.500. The Morgan fingerprint density at radius 2 is 2.35 bits per heavy atom. The third kappa shape index (κ3) is 1.76. The number of carbonyl (C=O) groups excluding carboxylic acids is 1. The lowest BCUT2D eigenvalue weighted by Crippen LogP contribution is -2.20. The van der Waals surface area contributed by atoms with Crippen molar-refractivity contribution < 1.29 is 4.79 Å². The standard InChI is InChI=1S/C10H11N5OS/c1-6-11-10(17-14-6)9-13-12-8-4-7(5-16)2-3-15(8)9/h5,7H,2-4H2,1H3. The molecule has 6 nitrogen and oxygen atoms in total. The average Bonchev–Trinajstić information content (AvgIpc) is 2.93. The van der Waals surface area contributed by atoms with E-state index < -0.39 is 0 Å². The summed E-state index contributed by atoms with van der Waals surface area (Å²) < 4.78 is 6.19. The van der Waals surface area contributed by atoms with Gasteiger partial charge < -0.3 is 9.36 Å². The molecule has 0 amide bonds. The molecule has 2 aromatic heterocycles. The Morgan fingerprint density at radius 3 is 3.06 bits per heavy atom. The Bertz CT molecular complexity index is 561. The summed E-state index contributed by atoms with van der Waals surface area (Å²) in [6.07, 6.45) is 2.53. The molecule has 0 aliphatic carbocycles. The number of fused-ring (bicyclic) bond motifs is 1. The second kappa shape index (κ2) is 3.99. The van der Waals surface area contributed by atoms with Crippen molar-refractivity contribution in [1.82, 2.24) is 24.1 Å². The molecule has 0 bridgehead atoms. The van der Waals surface area contributed by atoms with Gasteiger partial charge in [-0.3, -0.25) is 0 Å². The molecule has 0 spiro atoms. The third-order valence-electron chi connectivity index (χ3n) is 2.91. The SMILES string of the molecule is Cc1nsc(-c2nnc3n2CCC(C=O)C3)n1. The number of aromatic nitrogens is 5. The summed E-state index contributed by atoms with van der Waals surface area (Å²) in [6.45, 7) is 2.63. The zero-order chi connectivity index (χ0) is 11.8. The van der Waals surface area contributed by atoms with E-state index in [4.69, 9.17) is 0 Å². The highest BCUT2D eigenvalue weighted by Crippen LogP contribution is 2.25. The molecule has 1 unspecified atom stereocenters. The van der Waals surface area contributed by atoms with Gasteiger partial charge in [-0.25, -0.2) is 4.98 Å². The molecule has 0 saturated carbocycles. The summed E-state index contributed by atoms with van der Waals surface area (Å²) in [5.74, 6) is 2.48. The molecule has 17 heavy (non-hydrogen) atoms. The number of hydrogen-bond acceptors (Lipinski definition) is 6. The zero-order valence-electron chi connectivity index (χ0n) is 9.33. The van der Waals surface area contributed by atoms with Gasteiger partial charge in [-0.15, -0.1) is 10.2 Å². The maximum Gasteiger partial charge on any atom is 0.194 e. The largest absolute Gasteiger partial charge is 0.309 e. The minimum absolute atomic E-state index is 0.0794. The van der Waals surface area contributed by atoms with Gasteiger partial charge in [0.2, 0.25) is 0 Å². The molecule has 1 atom stereocenters. The summed E-state index contributed by atoms with van der Waals surface area (Å²) >= 11 is 1.33. The number of aldehydes is 1. The van der Waals surface area contributed by atoms with Crippen molar-refractivity contribution in [2.45, 2.75) is 26.3 Å². The fourth-order valence-corrected chi connectivity index (χ4v) is 2.68. The van der Waals surface area contributed by atoms with Crippen LogP contribution in [0, 0.1) is 12.8 Å². The predicted molar refractivity (Wildman–Crippen MR) is 61.5 cm³/mol. The number of aryl methyl sites for hydroxylation is 1. The zero-order valence-corrected chi connectivity index (χ0v) is 10.1. The quantitative estimate of drug-likeness (QED) is 0.738. The first-order chi connectivity index (χ1) is 8.28. The van der Waals surface area contributed by atoms with Crippen molar-refractivity contribution in [2.24, 2.45) is 5.92 Å². The van der Waals surface area contributed by atoms with Crippen LogP contribution in [0.4, 0.5) is 0 Å². The summed E-state index contributed by atoms with van der Waals surface area (Å²) in [4.78, 5) is 15.1. The van der Waals surface area contributed by atoms with Crippen molar-refractivity contribution in [3.8, 4) is 10.8 Å². The third-order valence-corrected chi connectivity index (χ3v) is 3.71. The Hall–Kier alpha value is -1.63. The van der Waals surface area contributed by atoms with E-state index in [1.54, 1.807) is 0 Å². The Kier molecular flexibility index (Phi) is 2.47. The van der Waals surface area contributed by atoms with Crippen LogP contribution in [-0.4, -0.2) is 30.4 Å². The minimum atomic E-state index is 0.0794. The molecule has 0 radical (unpaired) electrons. The lowest BCUT2D eigenvalue weighted by molar-refractivity contribution is -0.111. The van der Waals surface area contributed by atoms with Crippen molar-refractivity contribution in [3.63, 3.8) is 0 Å². The van der Waals surface area contributed by atoms with E-state index in [2.05, 4.69) is 19.6 Å². The molecule has 1 aliphatic rings. The van der Waals surface area contributed by atoms with E-state index in [-0.39, 0.29) is 5.92 Å². The smallest absolute Gasteiger partial charge is 0.194 e. The van der Waals surface area contributed by atoms with E-state index in [9.17, 15) is 4.79 Å². The maximum atomic E-state index is 10.8. The van der Waals surface area contributed by atoms with E-state index in [0.29, 0.717) is 6.42 Å². The van der Waals surface area contributed by atoms with E-state index in [0.717, 1.165) is 41.7 Å². The summed E-state index contributed by atoms with van der Waals surface area (Å²) in [7, 11) is 0. The molecule has 1 aliphatic heterocycles. The van der Waals surface area contributed by atoms with Gasteiger partial charge in [-0.2, -0.15) is 4.37 Å². The van der Waals surface area contributed by atoms with Crippen molar-refractivity contribution in [2.75, 3.05) is 0 Å². The fourth-order valence-electron chi connectivity index (χ4n) is 2.02. The first-order valence-electron chi connectivity index (χ1n) is 5.46. The van der Waals surface area contributed by atoms with Gasteiger partial charge >= 0.3 is 0 Å². The lowest BCUT2D eigenvalue weighted by Gasteiger charge is -2.18. The highest BCUT2D eigenvalue weighted by molar-refractivity contribution is 7.09. The predicted octanol–water partition coefficient (Wildman–Crippen LogP) is 0.866. The van der Waals surface area contributed by atoms with Crippen molar-refractivity contribution in [3.05, 3.63) is 11.6 Å². The highest BCUT2D eigenvalue weighted by Gasteiger charge is 2.24. The molecule has 0 fully saturated rings. The average molecular weight is 249 g/mol. The lowest BCUT2D eigenvalue weighted by atomic mass is 10.00. The van der Waals surface area contributed by atoms with E-state index >= 15 is 0 Å². The van der Waals surface area contributed by atoms with Gasteiger partial charge in [0, 0.05) is 18.9 Å². The Labute approximate surface area is 102 Å². The summed E-state index contributed by atoms with van der Waals surface area (Å²) in [5, 5.41) is 9.09. The molecule has 3 rings (SSSR count). The second-order valence-electron chi connectivity index (χ2n) is 4.13. The van der Waals surface area contributed by atoms with Gasteiger partial charge in [-0.1, -0.05) is 0 Å². The van der Waals surface area contributed by atoms with E-state index in [1.165, 1.54) is 11.5 Å². The first kappa shape index (κ1) is 10.5. The van der Waals surface area contributed by atoms with Crippen molar-refractivity contribution in [1.29, 1.82) is 0 Å². The Morgan fingerprint density at radius 1 is 1.47 bits per heavy atom. The van der Waals surface area contributed by atoms with Crippen LogP contribution in [0.25, 0.3) is 10.8 Å². The Balaban J connectivity index is 1.99. The van der Waals surface area contributed by atoms with Crippen LogP contribution in [0.2, 0.25) is 0 Å². The van der Waals surface area contributed by atoms with Crippen LogP contribution in [0.5, 0.6) is 0 Å². The molecule has 88 valence electrons. The normalized spacial score (nSPS) is 19.0. The monoisotopic (exact) mass is 249 g/mol. The van der Waals surface area contributed by atoms with Crippen LogP contribution in [0.3, 0.4) is 0 Å². The number of carbonyl (C=O) groups is 1. The van der Waals surface area contributed by atoms with Gasteiger partial charge in [-0.05, 0) is 24.9 Å². The molecule has 0 saturated heterocycles. The van der Waals surface area contributed by atoms with Crippen LogP contribution in [-0.2, 0) is 17.8 Å². The van der Waals surface area contributed by atoms with Crippen LogP contribution < -0.4 is 0 Å². The van der Waals surface area contributed by atoms with Crippen LogP contribution in [0.1, 0.15) is 18.1 Å². The van der Waals surface area contributed by atoms with E-state index in [1.807, 2.05) is 11.5 Å². The number of hydrogen-bond donors (Lipinski definition) is 0. The second-order valence-corrected chi connectivity index (χ2v) is 4.88. The minimum Gasteiger partial charge on any atom is -0.309 e. The molecule has 7 heteroatoms. The topological polar surface area (TPSA) is 73.6 Å². The molecule has 3 heterocycles. The van der Waals surface area contributed by atoms with Crippen molar-refractivity contribution >= 4 is 17.8 Å². The first-order valence-corrected chi connectivity index (χ1v) is 6.23. The molecule has 0 aromatic carbocycles. The summed E-state index contributed by atoms with van der Waals surface area (Å²) in [5.41, 5.74) is 0. The number of nitrogens with zero attached hydrogens (tertiary/aromatic N) is 5. The molecule has 0 N–H and O–H groups in total. The van der Waals surface area contributed by atoms with Gasteiger partial charge in [0.05, 0.1) is 0 Å². The van der Waals surface area contributed by atoms with Crippen LogP contribution in [0.15, 0.2) is 0 Å².